The van der Waals surface area contributed by atoms with Crippen molar-refractivity contribution in [1.29, 1.82) is 0 Å². The Balaban J connectivity index is 1.96. The van der Waals surface area contributed by atoms with Crippen LogP contribution in [0.4, 0.5) is 10.5 Å². The molecule has 6 heteroatoms. The topological polar surface area (TPSA) is 74.2 Å². The van der Waals surface area contributed by atoms with Gasteiger partial charge in [-0.15, -0.1) is 11.3 Å². The van der Waals surface area contributed by atoms with E-state index in [-0.39, 0.29) is 18.7 Å². The first-order valence-corrected chi connectivity index (χ1v) is 7.69. The number of aliphatic hydroxyl groups excluding tert-OH is 1. The van der Waals surface area contributed by atoms with Gasteiger partial charge >= 0.3 is 6.03 Å². The zero-order valence-corrected chi connectivity index (χ0v) is 12.9. The van der Waals surface area contributed by atoms with Gasteiger partial charge in [0.25, 0.3) is 0 Å². The summed E-state index contributed by atoms with van der Waals surface area (Å²) in [6.45, 7) is 3.95. The van der Waals surface area contributed by atoms with Crippen molar-refractivity contribution in [3.05, 3.63) is 45.9 Å². The highest BCUT2D eigenvalue weighted by Crippen LogP contribution is 2.21. The van der Waals surface area contributed by atoms with Crippen molar-refractivity contribution in [2.45, 2.75) is 32.9 Å². The number of hydrogen-bond donors (Lipinski definition) is 3. The van der Waals surface area contributed by atoms with E-state index < -0.39 is 0 Å². The zero-order chi connectivity index (χ0) is 15.2. The molecule has 1 aromatic carbocycles. The minimum Gasteiger partial charge on any atom is -0.392 e. The summed E-state index contributed by atoms with van der Waals surface area (Å²) < 4.78 is 0. The maximum absolute atomic E-state index is 12.0. The van der Waals surface area contributed by atoms with Crippen LogP contribution in [0.25, 0.3) is 0 Å². The molecule has 0 aliphatic rings. The number of nitrogens with zero attached hydrogens (tertiary/aromatic N) is 1. The number of anilines is 1. The molecule has 0 fully saturated rings. The SMILES string of the molecule is CCC(NC(=O)Nc1ccc(CO)cc1)c1nc(C)cs1. The van der Waals surface area contributed by atoms with E-state index in [0.717, 1.165) is 22.7 Å². The zero-order valence-electron chi connectivity index (χ0n) is 12.1. The molecule has 3 N–H and O–H groups in total. The van der Waals surface area contributed by atoms with Crippen LogP contribution in [-0.4, -0.2) is 16.1 Å². The number of nitrogens with one attached hydrogen (secondary N) is 2. The van der Waals surface area contributed by atoms with Gasteiger partial charge in [-0.1, -0.05) is 19.1 Å². The van der Waals surface area contributed by atoms with Crippen LogP contribution in [0.3, 0.4) is 0 Å². The number of benzene rings is 1. The van der Waals surface area contributed by atoms with Gasteiger partial charge in [0, 0.05) is 16.8 Å². The predicted octanol–water partition coefficient (Wildman–Crippen LogP) is 3.22. The molecule has 5 nitrogen and oxygen atoms in total. The summed E-state index contributed by atoms with van der Waals surface area (Å²) in [6.07, 6.45) is 0.782. The number of thiazole rings is 1. The van der Waals surface area contributed by atoms with Crippen molar-refractivity contribution in [2.75, 3.05) is 5.32 Å². The lowest BCUT2D eigenvalue weighted by molar-refractivity contribution is 0.248. The summed E-state index contributed by atoms with van der Waals surface area (Å²) in [5.74, 6) is 0. The number of aryl methyl sites for hydroxylation is 1. The molecule has 2 aromatic rings. The van der Waals surface area contributed by atoms with Crippen LogP contribution in [0.5, 0.6) is 0 Å². The van der Waals surface area contributed by atoms with Crippen LogP contribution in [-0.2, 0) is 6.61 Å². The van der Waals surface area contributed by atoms with Gasteiger partial charge in [-0.05, 0) is 31.0 Å². The average molecular weight is 305 g/mol. The lowest BCUT2D eigenvalue weighted by Gasteiger charge is -2.15. The molecule has 2 amide bonds. The molecule has 0 aliphatic heterocycles. The Labute approximate surface area is 128 Å². The first-order valence-electron chi connectivity index (χ1n) is 6.81. The molecule has 1 aromatic heterocycles. The number of urea groups is 1. The third-order valence-corrected chi connectivity index (χ3v) is 4.12. The monoisotopic (exact) mass is 305 g/mol. The third kappa shape index (κ3) is 4.27. The maximum Gasteiger partial charge on any atom is 0.319 e. The summed E-state index contributed by atoms with van der Waals surface area (Å²) in [7, 11) is 0. The molecule has 0 saturated heterocycles. The highest BCUT2D eigenvalue weighted by atomic mass is 32.1. The Morgan fingerprint density at radius 2 is 2.10 bits per heavy atom. The summed E-state index contributed by atoms with van der Waals surface area (Å²) in [5, 5.41) is 17.6. The summed E-state index contributed by atoms with van der Waals surface area (Å²) in [6, 6.07) is 6.74. The van der Waals surface area contributed by atoms with E-state index in [9.17, 15) is 4.79 Å². The number of rotatable bonds is 5. The minimum absolute atomic E-state index is 0.00617. The number of aliphatic hydroxyl groups is 1. The Bertz CT molecular complexity index is 595. The molecule has 0 aliphatic carbocycles. The molecule has 2 rings (SSSR count). The summed E-state index contributed by atoms with van der Waals surface area (Å²) in [4.78, 5) is 16.4. The molecule has 0 spiro atoms. The Hall–Kier alpha value is -1.92. The molecule has 1 atom stereocenters. The molecule has 0 saturated carbocycles. The van der Waals surface area contributed by atoms with Crippen LogP contribution >= 0.6 is 11.3 Å². The van der Waals surface area contributed by atoms with Crippen molar-refractivity contribution in [3.8, 4) is 0 Å². The van der Waals surface area contributed by atoms with Crippen LogP contribution in [0.15, 0.2) is 29.6 Å². The second-order valence-corrected chi connectivity index (χ2v) is 5.63. The second-order valence-electron chi connectivity index (χ2n) is 4.74. The van der Waals surface area contributed by atoms with Crippen molar-refractivity contribution in [3.63, 3.8) is 0 Å². The fraction of sp³-hybridized carbons (Fsp3) is 0.333. The van der Waals surface area contributed by atoms with Gasteiger partial charge < -0.3 is 15.7 Å². The van der Waals surface area contributed by atoms with Crippen LogP contribution in [0, 0.1) is 6.92 Å². The number of amides is 2. The van der Waals surface area contributed by atoms with E-state index in [0.29, 0.717) is 5.69 Å². The first kappa shape index (κ1) is 15.5. The van der Waals surface area contributed by atoms with Crippen molar-refractivity contribution in [2.24, 2.45) is 0 Å². The van der Waals surface area contributed by atoms with E-state index in [1.165, 1.54) is 0 Å². The molecule has 0 radical (unpaired) electrons. The number of aromatic nitrogens is 1. The molecule has 1 heterocycles. The van der Waals surface area contributed by atoms with Crippen molar-refractivity contribution < 1.29 is 9.90 Å². The number of hydrogen-bond acceptors (Lipinski definition) is 4. The Morgan fingerprint density at radius 1 is 1.38 bits per heavy atom. The Morgan fingerprint density at radius 3 is 2.62 bits per heavy atom. The smallest absolute Gasteiger partial charge is 0.319 e. The Kier molecular flexibility index (Phi) is 5.30. The van der Waals surface area contributed by atoms with E-state index in [1.807, 2.05) is 19.2 Å². The van der Waals surface area contributed by atoms with Crippen molar-refractivity contribution >= 4 is 23.1 Å². The highest BCUT2D eigenvalue weighted by Gasteiger charge is 2.15. The fourth-order valence-electron chi connectivity index (χ4n) is 1.89. The molecule has 21 heavy (non-hydrogen) atoms. The predicted molar refractivity (Wildman–Crippen MR) is 84.4 cm³/mol. The molecule has 0 bridgehead atoms. The van der Waals surface area contributed by atoms with E-state index >= 15 is 0 Å². The molecule has 1 unspecified atom stereocenters. The lowest BCUT2D eigenvalue weighted by atomic mass is 10.2. The van der Waals surface area contributed by atoms with Gasteiger partial charge in [-0.3, -0.25) is 0 Å². The summed E-state index contributed by atoms with van der Waals surface area (Å²) in [5.41, 5.74) is 2.47. The van der Waals surface area contributed by atoms with Gasteiger partial charge in [0.15, 0.2) is 0 Å². The van der Waals surface area contributed by atoms with Crippen molar-refractivity contribution in [1.82, 2.24) is 10.3 Å². The van der Waals surface area contributed by atoms with Crippen LogP contribution in [0.2, 0.25) is 0 Å². The number of carbonyl (C=O) groups excluding carboxylic acids is 1. The standard InChI is InChI=1S/C15H19N3O2S/c1-3-13(14-16-10(2)9-21-14)18-15(20)17-12-6-4-11(8-19)5-7-12/h4-7,9,13,19H,3,8H2,1-2H3,(H2,17,18,20). The largest absolute Gasteiger partial charge is 0.392 e. The minimum atomic E-state index is -0.258. The first-order chi connectivity index (χ1) is 10.1. The van der Waals surface area contributed by atoms with E-state index in [4.69, 9.17) is 5.11 Å². The number of carbonyl (C=O) groups is 1. The average Bonchev–Trinajstić information content (AvgIpc) is 2.92. The second kappa shape index (κ2) is 7.19. The maximum atomic E-state index is 12.0. The molecular weight excluding hydrogens is 286 g/mol. The lowest BCUT2D eigenvalue weighted by Crippen LogP contribution is -2.32. The van der Waals surface area contributed by atoms with Gasteiger partial charge in [0.05, 0.1) is 12.6 Å². The van der Waals surface area contributed by atoms with Gasteiger partial charge in [-0.25, -0.2) is 9.78 Å². The normalized spacial score (nSPS) is 12.0. The van der Waals surface area contributed by atoms with Gasteiger partial charge in [-0.2, -0.15) is 0 Å². The third-order valence-electron chi connectivity index (χ3n) is 3.04. The van der Waals surface area contributed by atoms with Gasteiger partial charge in [0.1, 0.15) is 5.01 Å². The fourth-order valence-corrected chi connectivity index (χ4v) is 2.82. The van der Waals surface area contributed by atoms with E-state index in [2.05, 4.69) is 15.6 Å². The summed E-state index contributed by atoms with van der Waals surface area (Å²) >= 11 is 1.55. The van der Waals surface area contributed by atoms with Gasteiger partial charge in [0.2, 0.25) is 0 Å². The quantitative estimate of drug-likeness (QED) is 0.794. The van der Waals surface area contributed by atoms with E-state index in [1.54, 1.807) is 35.6 Å². The van der Waals surface area contributed by atoms with Crippen LogP contribution in [0.1, 0.15) is 35.7 Å². The highest BCUT2D eigenvalue weighted by molar-refractivity contribution is 7.09. The molecule has 112 valence electrons. The molecular formula is C15H19N3O2S. The van der Waals surface area contributed by atoms with Crippen LogP contribution < -0.4 is 10.6 Å².